The number of terminal acetylenes is 1. The molecule has 2 amide bonds. The van der Waals surface area contributed by atoms with Gasteiger partial charge in [0.1, 0.15) is 6.04 Å². The second-order valence-corrected chi connectivity index (χ2v) is 6.36. The third kappa shape index (κ3) is 2.75. The van der Waals surface area contributed by atoms with E-state index in [9.17, 15) is 14.4 Å². The van der Waals surface area contributed by atoms with Crippen LogP contribution in [0.1, 0.15) is 19.8 Å². The highest BCUT2D eigenvalue weighted by atomic mass is 32.2. The SMILES string of the molecule is C#CCNC(=O)COC(=O)[C@H]1CS[C@@]2(C)CCC(=O)N12. The van der Waals surface area contributed by atoms with Crippen LogP contribution in [0.2, 0.25) is 0 Å². The molecule has 2 rings (SSSR count). The van der Waals surface area contributed by atoms with Crippen LogP contribution in [0, 0.1) is 12.3 Å². The average molecular weight is 296 g/mol. The van der Waals surface area contributed by atoms with Gasteiger partial charge in [-0.05, 0) is 13.3 Å². The molecular weight excluding hydrogens is 280 g/mol. The smallest absolute Gasteiger partial charge is 0.330 e. The van der Waals surface area contributed by atoms with Crippen LogP contribution < -0.4 is 5.32 Å². The van der Waals surface area contributed by atoms with Crippen molar-refractivity contribution in [1.82, 2.24) is 10.2 Å². The van der Waals surface area contributed by atoms with Crippen LogP contribution in [-0.2, 0) is 19.1 Å². The van der Waals surface area contributed by atoms with Gasteiger partial charge in [0.2, 0.25) is 5.91 Å². The van der Waals surface area contributed by atoms with Gasteiger partial charge in [-0.15, -0.1) is 18.2 Å². The van der Waals surface area contributed by atoms with Crippen molar-refractivity contribution in [3.05, 3.63) is 0 Å². The van der Waals surface area contributed by atoms with E-state index in [1.807, 2.05) is 6.92 Å². The molecule has 0 aliphatic carbocycles. The van der Waals surface area contributed by atoms with Gasteiger partial charge in [-0.25, -0.2) is 4.79 Å². The van der Waals surface area contributed by atoms with Crippen LogP contribution in [0.25, 0.3) is 0 Å². The van der Waals surface area contributed by atoms with Crippen LogP contribution >= 0.6 is 11.8 Å². The molecule has 2 heterocycles. The summed E-state index contributed by atoms with van der Waals surface area (Å²) in [6, 6.07) is -0.597. The summed E-state index contributed by atoms with van der Waals surface area (Å²) in [7, 11) is 0. The maximum Gasteiger partial charge on any atom is 0.330 e. The van der Waals surface area contributed by atoms with Crippen molar-refractivity contribution in [3.8, 4) is 12.3 Å². The zero-order valence-electron chi connectivity index (χ0n) is 11.2. The molecule has 6 nitrogen and oxygen atoms in total. The molecule has 0 aromatic carbocycles. The lowest BCUT2D eigenvalue weighted by molar-refractivity contribution is -0.156. The minimum absolute atomic E-state index is 0.0313. The Hall–Kier alpha value is -1.68. The molecule has 0 radical (unpaired) electrons. The third-order valence-corrected chi connectivity index (χ3v) is 4.96. The Balaban J connectivity index is 1.89. The average Bonchev–Trinajstić information content (AvgIpc) is 2.91. The van der Waals surface area contributed by atoms with Crippen molar-refractivity contribution < 1.29 is 19.1 Å². The number of ether oxygens (including phenoxy) is 1. The molecule has 0 aromatic heterocycles. The molecule has 0 bridgehead atoms. The van der Waals surface area contributed by atoms with Crippen molar-refractivity contribution in [2.45, 2.75) is 30.7 Å². The Morgan fingerprint density at radius 3 is 3.10 bits per heavy atom. The molecular formula is C13H16N2O4S. The van der Waals surface area contributed by atoms with Crippen LogP contribution in [0.4, 0.5) is 0 Å². The van der Waals surface area contributed by atoms with E-state index in [0.717, 1.165) is 6.42 Å². The van der Waals surface area contributed by atoms with Crippen molar-refractivity contribution in [1.29, 1.82) is 0 Å². The number of esters is 1. The lowest BCUT2D eigenvalue weighted by Gasteiger charge is -2.29. The fraction of sp³-hybridized carbons (Fsp3) is 0.615. The molecule has 0 unspecified atom stereocenters. The molecule has 0 saturated carbocycles. The van der Waals surface area contributed by atoms with Gasteiger partial charge in [0.25, 0.3) is 5.91 Å². The first-order valence-corrected chi connectivity index (χ1v) is 7.29. The Morgan fingerprint density at radius 1 is 1.65 bits per heavy atom. The molecule has 2 saturated heterocycles. The molecule has 7 heteroatoms. The summed E-state index contributed by atoms with van der Waals surface area (Å²) < 4.78 is 4.96. The van der Waals surface area contributed by atoms with Gasteiger partial charge >= 0.3 is 5.97 Å². The lowest BCUT2D eigenvalue weighted by Crippen LogP contribution is -2.47. The van der Waals surface area contributed by atoms with Gasteiger partial charge in [0.05, 0.1) is 11.4 Å². The summed E-state index contributed by atoms with van der Waals surface area (Å²) in [6.07, 6.45) is 6.19. The van der Waals surface area contributed by atoms with Crippen molar-refractivity contribution in [2.75, 3.05) is 18.9 Å². The van der Waals surface area contributed by atoms with Crippen molar-refractivity contribution in [2.24, 2.45) is 0 Å². The fourth-order valence-electron chi connectivity index (χ4n) is 2.43. The summed E-state index contributed by atoms with van der Waals surface area (Å²) in [5, 5.41) is 2.40. The number of fused-ring (bicyclic) bond motifs is 1. The maximum atomic E-state index is 12.0. The predicted octanol–water partition coefficient (Wildman–Crippen LogP) is -0.267. The fourth-order valence-corrected chi connectivity index (χ4v) is 3.85. The Bertz CT molecular complexity index is 487. The second-order valence-electron chi connectivity index (χ2n) is 4.85. The molecule has 0 spiro atoms. The number of hydrogen-bond donors (Lipinski definition) is 1. The summed E-state index contributed by atoms with van der Waals surface area (Å²) in [5.41, 5.74) is 0. The predicted molar refractivity (Wildman–Crippen MR) is 73.5 cm³/mol. The number of amides is 2. The van der Waals surface area contributed by atoms with Crippen LogP contribution in [-0.4, -0.2) is 52.5 Å². The van der Waals surface area contributed by atoms with E-state index in [-0.39, 0.29) is 23.9 Å². The van der Waals surface area contributed by atoms with Gasteiger partial charge in [-0.3, -0.25) is 9.59 Å². The minimum Gasteiger partial charge on any atom is -0.454 e. The monoisotopic (exact) mass is 296 g/mol. The standard InChI is InChI=1S/C13H16N2O4S/c1-3-6-14-10(16)7-19-12(18)9-8-20-13(2)5-4-11(17)15(9)13/h1,9H,4-8H2,2H3,(H,14,16)/t9-,13+/m1/s1. The van der Waals surface area contributed by atoms with Gasteiger partial charge in [-0.1, -0.05) is 5.92 Å². The van der Waals surface area contributed by atoms with E-state index < -0.39 is 17.9 Å². The first-order valence-electron chi connectivity index (χ1n) is 6.31. The largest absolute Gasteiger partial charge is 0.454 e. The van der Waals surface area contributed by atoms with Crippen LogP contribution in [0.5, 0.6) is 0 Å². The highest BCUT2D eigenvalue weighted by molar-refractivity contribution is 8.01. The van der Waals surface area contributed by atoms with Gasteiger partial charge in [0, 0.05) is 12.2 Å². The van der Waals surface area contributed by atoms with E-state index in [0.29, 0.717) is 12.2 Å². The minimum atomic E-state index is -0.597. The van der Waals surface area contributed by atoms with Crippen LogP contribution in [0.15, 0.2) is 0 Å². The summed E-state index contributed by atoms with van der Waals surface area (Å²) in [6.45, 7) is 1.67. The number of nitrogens with one attached hydrogen (secondary N) is 1. The highest BCUT2D eigenvalue weighted by Gasteiger charge is 2.53. The molecule has 2 aliphatic heterocycles. The van der Waals surface area contributed by atoms with Crippen molar-refractivity contribution >= 4 is 29.5 Å². The zero-order valence-corrected chi connectivity index (χ0v) is 12.0. The third-order valence-electron chi connectivity index (χ3n) is 3.45. The Labute approximate surface area is 121 Å². The van der Waals surface area contributed by atoms with E-state index in [4.69, 9.17) is 11.2 Å². The normalized spacial score (nSPS) is 27.9. The molecule has 1 N–H and O–H groups in total. The van der Waals surface area contributed by atoms with E-state index in [1.165, 1.54) is 0 Å². The molecule has 20 heavy (non-hydrogen) atoms. The number of nitrogens with zero attached hydrogens (tertiary/aromatic N) is 1. The summed E-state index contributed by atoms with van der Waals surface area (Å²) in [5.74, 6) is 1.75. The van der Waals surface area contributed by atoms with E-state index in [1.54, 1.807) is 16.7 Å². The number of carbonyl (C=O) groups excluding carboxylic acids is 3. The van der Waals surface area contributed by atoms with Crippen LogP contribution in [0.3, 0.4) is 0 Å². The maximum absolute atomic E-state index is 12.0. The topological polar surface area (TPSA) is 75.7 Å². The number of thioether (sulfide) groups is 1. The van der Waals surface area contributed by atoms with Gasteiger partial charge in [0.15, 0.2) is 6.61 Å². The molecule has 0 aromatic rings. The molecule has 108 valence electrons. The van der Waals surface area contributed by atoms with E-state index in [2.05, 4.69) is 11.2 Å². The first kappa shape index (κ1) is 14.7. The lowest BCUT2D eigenvalue weighted by atomic mass is 10.2. The molecule has 2 atom stereocenters. The zero-order chi connectivity index (χ0) is 14.8. The van der Waals surface area contributed by atoms with Gasteiger partial charge in [-0.2, -0.15) is 0 Å². The Kier molecular flexibility index (Phi) is 4.23. The summed E-state index contributed by atoms with van der Waals surface area (Å²) in [4.78, 5) is 36.5. The van der Waals surface area contributed by atoms with E-state index >= 15 is 0 Å². The van der Waals surface area contributed by atoms with Crippen molar-refractivity contribution in [3.63, 3.8) is 0 Å². The quantitative estimate of drug-likeness (QED) is 0.571. The number of carbonyl (C=O) groups is 3. The second kappa shape index (κ2) is 5.75. The number of rotatable bonds is 4. The molecule has 2 aliphatic rings. The van der Waals surface area contributed by atoms with Gasteiger partial charge < -0.3 is 15.0 Å². The first-order chi connectivity index (χ1) is 9.48. The number of hydrogen-bond acceptors (Lipinski definition) is 5. The summed E-state index contributed by atoms with van der Waals surface area (Å²) >= 11 is 1.58. The highest BCUT2D eigenvalue weighted by Crippen LogP contribution is 2.47. The molecule has 2 fully saturated rings. The Morgan fingerprint density at radius 2 is 2.40 bits per heavy atom.